The fourth-order valence-electron chi connectivity index (χ4n) is 3.39. The van der Waals surface area contributed by atoms with Crippen LogP contribution in [0.1, 0.15) is 49.5 Å². The molecular weight excluding hydrogens is 432 g/mol. The Morgan fingerprint density at radius 3 is 2.52 bits per heavy atom. The van der Waals surface area contributed by atoms with Crippen LogP contribution in [0, 0.1) is 0 Å². The van der Waals surface area contributed by atoms with Crippen molar-refractivity contribution in [2.24, 2.45) is 0 Å². The van der Waals surface area contributed by atoms with Crippen LogP contribution in [0.3, 0.4) is 0 Å². The maximum atomic E-state index is 12.5. The smallest absolute Gasteiger partial charge is 0.262 e. The van der Waals surface area contributed by atoms with Gasteiger partial charge >= 0.3 is 0 Å². The molecule has 1 fully saturated rings. The Kier molecular flexibility index (Phi) is 6.63. The van der Waals surface area contributed by atoms with E-state index in [-0.39, 0.29) is 23.8 Å². The van der Waals surface area contributed by atoms with E-state index in [2.05, 4.69) is 42.0 Å². The molecule has 2 aromatic carbocycles. The number of nitrogens with zero attached hydrogens (tertiary/aromatic N) is 1. The number of rotatable bonds is 5. The highest BCUT2D eigenvalue weighted by atomic mass is 79.9. The zero-order valence-corrected chi connectivity index (χ0v) is 18.7. The lowest BCUT2D eigenvalue weighted by atomic mass is 9.86. The van der Waals surface area contributed by atoms with Gasteiger partial charge in [-0.15, -0.1) is 0 Å². The molecule has 0 aromatic heterocycles. The van der Waals surface area contributed by atoms with Crippen molar-refractivity contribution >= 4 is 33.4 Å². The molecular formula is C23H27BrN2O3. The molecule has 0 aliphatic carbocycles. The summed E-state index contributed by atoms with van der Waals surface area (Å²) in [7, 11) is 0. The summed E-state index contributed by atoms with van der Waals surface area (Å²) in [6.45, 7) is 7.80. The van der Waals surface area contributed by atoms with Gasteiger partial charge < -0.3 is 15.0 Å². The fourth-order valence-corrected chi connectivity index (χ4v) is 3.75. The summed E-state index contributed by atoms with van der Waals surface area (Å²) >= 11 is 3.49. The van der Waals surface area contributed by atoms with E-state index in [9.17, 15) is 9.59 Å². The van der Waals surface area contributed by atoms with E-state index in [1.807, 2.05) is 23.1 Å². The minimum absolute atomic E-state index is 0.0135. The minimum atomic E-state index is -0.265. The molecule has 0 unspecified atom stereocenters. The molecule has 1 aliphatic rings. The molecule has 0 bridgehead atoms. The number of ether oxygens (including phenoxy) is 1. The first-order valence-corrected chi connectivity index (χ1v) is 10.7. The van der Waals surface area contributed by atoms with E-state index in [0.717, 1.165) is 36.0 Å². The van der Waals surface area contributed by atoms with Crippen molar-refractivity contribution in [2.75, 3.05) is 25.0 Å². The van der Waals surface area contributed by atoms with Gasteiger partial charge in [-0.2, -0.15) is 0 Å². The number of halogens is 1. The summed E-state index contributed by atoms with van der Waals surface area (Å²) in [5.41, 5.74) is 2.10. The number of carbonyl (C=O) groups excluding carboxylic acids is 2. The van der Waals surface area contributed by atoms with Crippen molar-refractivity contribution in [3.63, 3.8) is 0 Å². The van der Waals surface area contributed by atoms with Gasteiger partial charge in [0.05, 0.1) is 0 Å². The average molecular weight is 459 g/mol. The van der Waals surface area contributed by atoms with Crippen LogP contribution in [0.5, 0.6) is 5.75 Å². The number of carbonyl (C=O) groups is 2. The van der Waals surface area contributed by atoms with E-state index in [1.165, 1.54) is 0 Å². The molecule has 5 nitrogen and oxygen atoms in total. The van der Waals surface area contributed by atoms with E-state index in [0.29, 0.717) is 17.0 Å². The van der Waals surface area contributed by atoms with E-state index < -0.39 is 0 Å². The predicted molar refractivity (Wildman–Crippen MR) is 119 cm³/mol. The highest BCUT2D eigenvalue weighted by molar-refractivity contribution is 9.10. The highest BCUT2D eigenvalue weighted by Gasteiger charge is 2.21. The van der Waals surface area contributed by atoms with Crippen LogP contribution in [0.4, 0.5) is 5.69 Å². The SMILES string of the molecule is CC(C)(C)c1cc(Br)ccc1OCC(=O)Nc1cccc(C(=O)N2CCCC2)c1. The Balaban J connectivity index is 1.63. The van der Waals surface area contributed by atoms with Crippen molar-refractivity contribution in [1.29, 1.82) is 0 Å². The first kappa shape index (κ1) is 21.4. The number of anilines is 1. The lowest BCUT2D eigenvalue weighted by Crippen LogP contribution is -2.27. The number of amides is 2. The second-order valence-corrected chi connectivity index (χ2v) is 9.22. The van der Waals surface area contributed by atoms with Crippen LogP contribution >= 0.6 is 15.9 Å². The zero-order chi connectivity index (χ0) is 21.0. The molecule has 0 spiro atoms. The molecule has 1 aliphatic heterocycles. The molecule has 2 amide bonds. The summed E-state index contributed by atoms with van der Waals surface area (Å²) in [4.78, 5) is 26.8. The summed E-state index contributed by atoms with van der Waals surface area (Å²) in [5, 5.41) is 2.82. The van der Waals surface area contributed by atoms with Crippen LogP contribution in [0.15, 0.2) is 46.9 Å². The van der Waals surface area contributed by atoms with Crippen molar-refractivity contribution in [2.45, 2.75) is 39.0 Å². The number of hydrogen-bond donors (Lipinski definition) is 1. The molecule has 0 radical (unpaired) electrons. The Bertz CT molecular complexity index is 899. The first-order valence-electron chi connectivity index (χ1n) is 9.86. The fraction of sp³-hybridized carbons (Fsp3) is 0.391. The normalized spacial score (nSPS) is 14.0. The van der Waals surface area contributed by atoms with Crippen LogP contribution in [-0.2, 0) is 10.2 Å². The third-order valence-electron chi connectivity index (χ3n) is 4.89. The van der Waals surface area contributed by atoms with Gasteiger partial charge in [0.15, 0.2) is 6.61 Å². The molecule has 2 aromatic rings. The molecule has 154 valence electrons. The molecule has 6 heteroatoms. The quantitative estimate of drug-likeness (QED) is 0.685. The zero-order valence-electron chi connectivity index (χ0n) is 17.1. The largest absolute Gasteiger partial charge is 0.483 e. The maximum absolute atomic E-state index is 12.5. The molecule has 0 atom stereocenters. The van der Waals surface area contributed by atoms with E-state index in [4.69, 9.17) is 4.74 Å². The number of benzene rings is 2. The number of likely N-dealkylation sites (tertiary alicyclic amines) is 1. The molecule has 29 heavy (non-hydrogen) atoms. The van der Waals surface area contributed by atoms with Crippen molar-refractivity contribution in [3.8, 4) is 5.75 Å². The van der Waals surface area contributed by atoms with Crippen molar-refractivity contribution in [3.05, 3.63) is 58.1 Å². The Hall–Kier alpha value is -2.34. The lowest BCUT2D eigenvalue weighted by molar-refractivity contribution is -0.118. The second-order valence-electron chi connectivity index (χ2n) is 8.31. The molecule has 1 heterocycles. The summed E-state index contributed by atoms with van der Waals surface area (Å²) < 4.78 is 6.77. The van der Waals surface area contributed by atoms with Gasteiger partial charge in [-0.1, -0.05) is 42.8 Å². The molecule has 1 N–H and O–H groups in total. The first-order chi connectivity index (χ1) is 13.7. The van der Waals surface area contributed by atoms with Crippen LogP contribution in [0.25, 0.3) is 0 Å². The van der Waals surface area contributed by atoms with Gasteiger partial charge in [-0.3, -0.25) is 9.59 Å². The van der Waals surface area contributed by atoms with Gasteiger partial charge in [-0.05, 0) is 54.7 Å². The third kappa shape index (κ3) is 5.60. The third-order valence-corrected chi connectivity index (χ3v) is 5.39. The van der Waals surface area contributed by atoms with Crippen LogP contribution in [-0.4, -0.2) is 36.4 Å². The van der Waals surface area contributed by atoms with Crippen LogP contribution < -0.4 is 10.1 Å². The maximum Gasteiger partial charge on any atom is 0.262 e. The molecule has 0 saturated carbocycles. The lowest BCUT2D eigenvalue weighted by Gasteiger charge is -2.23. The Morgan fingerprint density at radius 1 is 1.10 bits per heavy atom. The van der Waals surface area contributed by atoms with Gasteiger partial charge in [0.2, 0.25) is 0 Å². The van der Waals surface area contributed by atoms with Crippen LogP contribution in [0.2, 0.25) is 0 Å². The topological polar surface area (TPSA) is 58.6 Å². The predicted octanol–water partition coefficient (Wildman–Crippen LogP) is 5.00. The number of hydrogen-bond acceptors (Lipinski definition) is 3. The summed E-state index contributed by atoms with van der Waals surface area (Å²) in [6.07, 6.45) is 2.10. The van der Waals surface area contributed by atoms with Gasteiger partial charge in [-0.25, -0.2) is 0 Å². The minimum Gasteiger partial charge on any atom is -0.483 e. The van der Waals surface area contributed by atoms with Crippen molar-refractivity contribution < 1.29 is 14.3 Å². The Labute approximate surface area is 180 Å². The van der Waals surface area contributed by atoms with E-state index in [1.54, 1.807) is 24.3 Å². The second kappa shape index (κ2) is 8.99. The summed E-state index contributed by atoms with van der Waals surface area (Å²) in [6, 6.07) is 12.8. The molecule has 3 rings (SSSR count). The van der Waals surface area contributed by atoms with Gasteiger partial charge in [0.1, 0.15) is 5.75 Å². The summed E-state index contributed by atoms with van der Waals surface area (Å²) in [5.74, 6) is 0.437. The van der Waals surface area contributed by atoms with Crippen molar-refractivity contribution in [1.82, 2.24) is 4.90 Å². The van der Waals surface area contributed by atoms with Gasteiger partial charge in [0.25, 0.3) is 11.8 Å². The number of nitrogens with one attached hydrogen (secondary N) is 1. The van der Waals surface area contributed by atoms with E-state index >= 15 is 0 Å². The van der Waals surface area contributed by atoms with Gasteiger partial charge in [0, 0.05) is 34.4 Å². The standard InChI is InChI=1S/C23H27BrN2O3/c1-23(2,3)19-14-17(24)9-10-20(19)29-15-21(27)25-18-8-6-7-16(13-18)22(28)26-11-4-5-12-26/h6-10,13-14H,4-5,11-12,15H2,1-3H3,(H,25,27). The Morgan fingerprint density at radius 2 is 1.83 bits per heavy atom. The average Bonchev–Trinajstić information content (AvgIpc) is 3.20. The monoisotopic (exact) mass is 458 g/mol. The highest BCUT2D eigenvalue weighted by Crippen LogP contribution is 2.33. The molecule has 1 saturated heterocycles.